The maximum absolute atomic E-state index is 12.5. The summed E-state index contributed by atoms with van der Waals surface area (Å²) >= 11 is 1.67. The summed E-state index contributed by atoms with van der Waals surface area (Å²) in [5.41, 5.74) is 4.26. The maximum Gasteiger partial charge on any atom is 0.224 e. The highest BCUT2D eigenvalue weighted by atomic mass is 32.1. The number of anilines is 2. The zero-order valence-corrected chi connectivity index (χ0v) is 18.0. The fourth-order valence-corrected chi connectivity index (χ4v) is 4.73. The predicted molar refractivity (Wildman–Crippen MR) is 122 cm³/mol. The average Bonchev–Trinajstić information content (AvgIpc) is 3.17. The number of benzene rings is 2. The first kappa shape index (κ1) is 19.9. The van der Waals surface area contributed by atoms with Crippen molar-refractivity contribution < 1.29 is 4.79 Å². The molecule has 5 nitrogen and oxygen atoms in total. The molecule has 1 amide bonds. The monoisotopic (exact) mass is 408 g/mol. The van der Waals surface area contributed by atoms with E-state index in [1.807, 2.05) is 24.3 Å². The Morgan fingerprint density at radius 2 is 1.93 bits per heavy atom. The van der Waals surface area contributed by atoms with Crippen molar-refractivity contribution in [3.8, 4) is 0 Å². The minimum absolute atomic E-state index is 0.0386. The van der Waals surface area contributed by atoms with E-state index >= 15 is 0 Å². The molecular weight excluding hydrogens is 380 g/mol. The Labute approximate surface area is 176 Å². The summed E-state index contributed by atoms with van der Waals surface area (Å²) in [5, 5.41) is 4.09. The summed E-state index contributed by atoms with van der Waals surface area (Å²) in [4.78, 5) is 22.0. The summed E-state index contributed by atoms with van der Waals surface area (Å²) in [6.07, 6.45) is 1.12. The summed E-state index contributed by atoms with van der Waals surface area (Å²) < 4.78 is 1.18. The number of nitrogens with one attached hydrogen (secondary N) is 1. The lowest BCUT2D eigenvalue weighted by atomic mass is 10.1. The Bertz CT molecular complexity index is 958. The highest BCUT2D eigenvalue weighted by Crippen LogP contribution is 2.25. The van der Waals surface area contributed by atoms with Crippen LogP contribution in [0.15, 0.2) is 42.5 Å². The van der Waals surface area contributed by atoms with E-state index in [2.05, 4.69) is 52.1 Å². The molecule has 0 aliphatic carbocycles. The van der Waals surface area contributed by atoms with Gasteiger partial charge in [0.1, 0.15) is 0 Å². The quantitative estimate of drug-likeness (QED) is 0.660. The van der Waals surface area contributed by atoms with Gasteiger partial charge in [-0.2, -0.15) is 0 Å². The number of aryl methyl sites for hydroxylation is 2. The Kier molecular flexibility index (Phi) is 6.11. The molecule has 1 aromatic heterocycles. The summed E-state index contributed by atoms with van der Waals surface area (Å²) in [7, 11) is 0. The van der Waals surface area contributed by atoms with E-state index in [-0.39, 0.29) is 5.91 Å². The minimum Gasteiger partial charge on any atom is -0.369 e. The molecule has 1 N–H and O–H groups in total. The fraction of sp³-hybridized carbons (Fsp3) is 0.391. The lowest BCUT2D eigenvalue weighted by molar-refractivity contribution is -0.116. The first-order valence-electron chi connectivity index (χ1n) is 10.3. The minimum atomic E-state index is 0.0386. The summed E-state index contributed by atoms with van der Waals surface area (Å²) in [6.45, 7) is 9.74. The molecular formula is C23H28N4OS. The first-order chi connectivity index (χ1) is 14.1. The smallest absolute Gasteiger partial charge is 0.224 e. The van der Waals surface area contributed by atoms with Crippen LogP contribution in [0.2, 0.25) is 0 Å². The topological polar surface area (TPSA) is 48.5 Å². The Morgan fingerprint density at radius 3 is 2.66 bits per heavy atom. The molecule has 4 rings (SSSR count). The van der Waals surface area contributed by atoms with Gasteiger partial charge in [-0.25, -0.2) is 4.98 Å². The van der Waals surface area contributed by atoms with Crippen LogP contribution >= 0.6 is 11.3 Å². The number of amides is 1. The number of nitrogens with zero attached hydrogens (tertiary/aromatic N) is 3. The number of carbonyl (C=O) groups is 1. The second-order valence-corrected chi connectivity index (χ2v) is 8.66. The maximum atomic E-state index is 12.5. The molecule has 152 valence electrons. The normalized spacial score (nSPS) is 15.0. The van der Waals surface area contributed by atoms with Crippen LogP contribution in [0.3, 0.4) is 0 Å². The number of piperazine rings is 1. The van der Waals surface area contributed by atoms with Gasteiger partial charge in [0.15, 0.2) is 0 Å². The number of para-hydroxylation sites is 1. The molecule has 0 atom stereocenters. The third-order valence-corrected chi connectivity index (χ3v) is 6.67. The van der Waals surface area contributed by atoms with Gasteiger partial charge in [0.2, 0.25) is 5.91 Å². The molecule has 1 fully saturated rings. The molecule has 0 unspecified atom stereocenters. The average molecular weight is 409 g/mol. The fourth-order valence-electron chi connectivity index (χ4n) is 3.77. The van der Waals surface area contributed by atoms with E-state index in [9.17, 15) is 4.79 Å². The highest BCUT2D eigenvalue weighted by Gasteiger charge is 2.16. The third kappa shape index (κ3) is 4.77. The van der Waals surface area contributed by atoms with Crippen LogP contribution in [0.25, 0.3) is 10.2 Å². The zero-order valence-electron chi connectivity index (χ0n) is 17.1. The van der Waals surface area contributed by atoms with Gasteiger partial charge in [0.05, 0.1) is 15.2 Å². The molecule has 0 spiro atoms. The van der Waals surface area contributed by atoms with E-state index in [1.54, 1.807) is 11.3 Å². The molecule has 1 aliphatic heterocycles. The number of hydrogen-bond donors (Lipinski definition) is 1. The summed E-state index contributed by atoms with van der Waals surface area (Å²) in [5.74, 6) is 0.0386. The molecule has 3 aromatic rings. The van der Waals surface area contributed by atoms with E-state index in [0.717, 1.165) is 54.5 Å². The van der Waals surface area contributed by atoms with Gasteiger partial charge in [-0.1, -0.05) is 19.1 Å². The summed E-state index contributed by atoms with van der Waals surface area (Å²) in [6, 6.07) is 14.4. The van der Waals surface area contributed by atoms with Gasteiger partial charge in [-0.05, 0) is 49.4 Å². The molecule has 0 radical (unpaired) electrons. The highest BCUT2D eigenvalue weighted by molar-refractivity contribution is 7.18. The van der Waals surface area contributed by atoms with Crippen LogP contribution in [0, 0.1) is 6.92 Å². The Balaban J connectivity index is 1.33. The molecule has 0 bridgehead atoms. The molecule has 2 heterocycles. The van der Waals surface area contributed by atoms with Gasteiger partial charge in [-0.15, -0.1) is 11.3 Å². The number of carbonyl (C=O) groups excluding carboxylic acids is 1. The van der Waals surface area contributed by atoms with Crippen molar-refractivity contribution in [1.29, 1.82) is 0 Å². The molecule has 0 saturated carbocycles. The number of hydrogen-bond acceptors (Lipinski definition) is 5. The van der Waals surface area contributed by atoms with E-state index < -0.39 is 0 Å². The number of fused-ring (bicyclic) bond motifs is 1. The van der Waals surface area contributed by atoms with Gasteiger partial charge < -0.3 is 15.1 Å². The molecule has 29 heavy (non-hydrogen) atoms. The van der Waals surface area contributed by atoms with Crippen molar-refractivity contribution in [2.45, 2.75) is 26.7 Å². The largest absolute Gasteiger partial charge is 0.369 e. The van der Waals surface area contributed by atoms with Crippen molar-refractivity contribution in [3.05, 3.63) is 53.0 Å². The lowest BCUT2D eigenvalue weighted by Gasteiger charge is -2.35. The van der Waals surface area contributed by atoms with Gasteiger partial charge in [0, 0.05) is 50.4 Å². The van der Waals surface area contributed by atoms with Crippen LogP contribution in [0.5, 0.6) is 0 Å². The van der Waals surface area contributed by atoms with Gasteiger partial charge >= 0.3 is 0 Å². The number of likely N-dealkylation sites (N-methyl/N-ethyl adjacent to an activating group) is 1. The van der Waals surface area contributed by atoms with Gasteiger partial charge in [-0.3, -0.25) is 4.79 Å². The van der Waals surface area contributed by atoms with Crippen molar-refractivity contribution in [2.75, 3.05) is 42.9 Å². The van der Waals surface area contributed by atoms with Crippen LogP contribution in [-0.4, -0.2) is 48.5 Å². The van der Waals surface area contributed by atoms with Crippen molar-refractivity contribution in [2.24, 2.45) is 0 Å². The van der Waals surface area contributed by atoms with Crippen molar-refractivity contribution in [3.63, 3.8) is 0 Å². The predicted octanol–water partition coefficient (Wildman–Crippen LogP) is 4.32. The number of thiazole rings is 1. The van der Waals surface area contributed by atoms with E-state index in [0.29, 0.717) is 12.8 Å². The van der Waals surface area contributed by atoms with Crippen molar-refractivity contribution >= 4 is 38.8 Å². The molecule has 1 aliphatic rings. The van der Waals surface area contributed by atoms with E-state index in [4.69, 9.17) is 0 Å². The Hall–Kier alpha value is -2.44. The van der Waals surface area contributed by atoms with Crippen LogP contribution in [0.4, 0.5) is 11.4 Å². The molecule has 1 saturated heterocycles. The lowest BCUT2D eigenvalue weighted by Crippen LogP contribution is -2.46. The number of rotatable bonds is 6. The van der Waals surface area contributed by atoms with Crippen molar-refractivity contribution in [1.82, 2.24) is 9.88 Å². The van der Waals surface area contributed by atoms with Crippen LogP contribution in [-0.2, 0) is 11.2 Å². The zero-order chi connectivity index (χ0) is 20.2. The van der Waals surface area contributed by atoms with Crippen LogP contribution in [0.1, 0.15) is 23.9 Å². The standard InChI is InChI=1S/C23H28N4OS/c1-3-26-12-14-27(15-13-26)18-8-9-19(17(2)16-18)24-22(28)10-11-23-25-20-6-4-5-7-21(20)29-23/h4-9,16H,3,10-15H2,1-2H3,(H,24,28). The first-order valence-corrected chi connectivity index (χ1v) is 11.2. The third-order valence-electron chi connectivity index (χ3n) is 5.57. The SMILES string of the molecule is CCN1CCN(c2ccc(NC(=O)CCc3nc4ccccc4s3)c(C)c2)CC1. The second-order valence-electron chi connectivity index (χ2n) is 7.54. The van der Waals surface area contributed by atoms with Crippen LogP contribution < -0.4 is 10.2 Å². The second kappa shape index (κ2) is 8.93. The Morgan fingerprint density at radius 1 is 1.14 bits per heavy atom. The molecule has 6 heteroatoms. The van der Waals surface area contributed by atoms with Gasteiger partial charge in [0.25, 0.3) is 0 Å². The number of aromatic nitrogens is 1. The van der Waals surface area contributed by atoms with E-state index in [1.165, 1.54) is 10.4 Å². The molecule has 2 aromatic carbocycles.